The summed E-state index contributed by atoms with van der Waals surface area (Å²) in [5.41, 5.74) is 6.30. The number of ether oxygens (including phenoxy) is 1. The van der Waals surface area contributed by atoms with Crippen LogP contribution in [0.5, 0.6) is 5.75 Å². The average Bonchev–Trinajstić information content (AvgIpc) is 2.50. The minimum atomic E-state index is -0.618. The van der Waals surface area contributed by atoms with Crippen LogP contribution in [0.2, 0.25) is 0 Å². The Labute approximate surface area is 143 Å². The normalized spacial score (nSPS) is 11.3. The smallest absolute Gasteiger partial charge is 0.243 e. The van der Waals surface area contributed by atoms with Gasteiger partial charge in [-0.25, -0.2) is 0 Å². The van der Waals surface area contributed by atoms with Gasteiger partial charge in [-0.15, -0.1) is 12.4 Å². The predicted molar refractivity (Wildman–Crippen MR) is 93.9 cm³/mol. The number of anilines is 1. The Morgan fingerprint density at radius 1 is 1.26 bits per heavy atom. The summed E-state index contributed by atoms with van der Waals surface area (Å²) in [5, 5.41) is 5.25. The monoisotopic (exact) mass is 343 g/mol. The van der Waals surface area contributed by atoms with E-state index in [4.69, 9.17) is 10.5 Å². The summed E-state index contributed by atoms with van der Waals surface area (Å²) in [4.78, 5) is 23.6. The molecule has 0 aliphatic carbocycles. The van der Waals surface area contributed by atoms with Gasteiger partial charge in [0, 0.05) is 0 Å². The Balaban J connectivity index is 0.00000484. The second-order valence-electron chi connectivity index (χ2n) is 5.38. The van der Waals surface area contributed by atoms with Gasteiger partial charge < -0.3 is 21.1 Å². The highest BCUT2D eigenvalue weighted by atomic mass is 35.5. The Morgan fingerprint density at radius 3 is 2.52 bits per heavy atom. The predicted octanol–water partition coefficient (Wildman–Crippen LogP) is 1.94. The average molecular weight is 344 g/mol. The summed E-state index contributed by atoms with van der Waals surface area (Å²) in [6.45, 7) is 6.17. The molecule has 0 heterocycles. The van der Waals surface area contributed by atoms with Crippen molar-refractivity contribution in [2.24, 2.45) is 11.7 Å². The molecule has 0 bridgehead atoms. The SMILES string of the molecule is CCCOc1ccccc1NC(=O)CNC(=O)[C@@H](N)C(C)C.Cl. The molecule has 1 rings (SSSR count). The highest BCUT2D eigenvalue weighted by Gasteiger charge is 2.17. The van der Waals surface area contributed by atoms with Crippen LogP contribution in [-0.2, 0) is 9.59 Å². The minimum Gasteiger partial charge on any atom is -0.491 e. The fraction of sp³-hybridized carbons (Fsp3) is 0.500. The van der Waals surface area contributed by atoms with Gasteiger partial charge in [-0.1, -0.05) is 32.9 Å². The number of nitrogens with two attached hydrogens (primary N) is 1. The molecule has 4 N–H and O–H groups in total. The summed E-state index contributed by atoms with van der Waals surface area (Å²) in [6, 6.07) is 6.57. The van der Waals surface area contributed by atoms with E-state index in [0.717, 1.165) is 6.42 Å². The lowest BCUT2D eigenvalue weighted by atomic mass is 10.1. The van der Waals surface area contributed by atoms with E-state index in [-0.39, 0.29) is 36.7 Å². The van der Waals surface area contributed by atoms with E-state index in [1.165, 1.54) is 0 Å². The summed E-state index contributed by atoms with van der Waals surface area (Å²) in [5.74, 6) is -0.0216. The van der Waals surface area contributed by atoms with Crippen molar-refractivity contribution in [1.29, 1.82) is 0 Å². The third kappa shape index (κ3) is 7.34. The number of carbonyl (C=O) groups is 2. The van der Waals surface area contributed by atoms with Crippen molar-refractivity contribution in [3.63, 3.8) is 0 Å². The van der Waals surface area contributed by atoms with Gasteiger partial charge in [-0.05, 0) is 24.5 Å². The van der Waals surface area contributed by atoms with Crippen LogP contribution in [-0.4, -0.2) is 31.0 Å². The number of nitrogens with one attached hydrogen (secondary N) is 2. The molecule has 130 valence electrons. The lowest BCUT2D eigenvalue weighted by Gasteiger charge is -2.16. The maximum Gasteiger partial charge on any atom is 0.243 e. The van der Waals surface area contributed by atoms with Crippen molar-refractivity contribution in [3.8, 4) is 5.75 Å². The maximum atomic E-state index is 11.9. The molecule has 0 saturated heterocycles. The van der Waals surface area contributed by atoms with Crippen molar-refractivity contribution in [1.82, 2.24) is 5.32 Å². The fourth-order valence-electron chi connectivity index (χ4n) is 1.69. The number of benzene rings is 1. The van der Waals surface area contributed by atoms with Crippen LogP contribution in [0.15, 0.2) is 24.3 Å². The molecule has 1 aromatic rings. The standard InChI is InChI=1S/C16H25N3O3.ClH/c1-4-9-22-13-8-6-5-7-12(13)19-14(20)10-18-16(21)15(17)11(2)3;/h5-8,11,15H,4,9-10,17H2,1-3H3,(H,18,21)(H,19,20);1H/t15-;/m0./s1. The van der Waals surface area contributed by atoms with Gasteiger partial charge in [0.2, 0.25) is 11.8 Å². The number of halogens is 1. The number of para-hydroxylation sites is 2. The molecule has 0 saturated carbocycles. The van der Waals surface area contributed by atoms with E-state index < -0.39 is 6.04 Å². The summed E-state index contributed by atoms with van der Waals surface area (Å²) in [6.07, 6.45) is 0.880. The zero-order valence-corrected chi connectivity index (χ0v) is 14.6. The van der Waals surface area contributed by atoms with E-state index in [1.807, 2.05) is 32.9 Å². The number of hydrogen-bond donors (Lipinski definition) is 3. The highest BCUT2D eigenvalue weighted by Crippen LogP contribution is 2.23. The molecule has 23 heavy (non-hydrogen) atoms. The Morgan fingerprint density at radius 2 is 1.91 bits per heavy atom. The second kappa shape index (κ2) is 10.9. The molecule has 0 unspecified atom stereocenters. The first-order valence-corrected chi connectivity index (χ1v) is 7.50. The van der Waals surface area contributed by atoms with Crippen LogP contribution >= 0.6 is 12.4 Å². The first-order chi connectivity index (χ1) is 10.5. The number of amides is 2. The lowest BCUT2D eigenvalue weighted by Crippen LogP contribution is -2.46. The van der Waals surface area contributed by atoms with Crippen molar-refractivity contribution < 1.29 is 14.3 Å². The maximum absolute atomic E-state index is 11.9. The fourth-order valence-corrected chi connectivity index (χ4v) is 1.69. The first kappa shape index (κ1) is 21.2. The van der Waals surface area contributed by atoms with Gasteiger partial charge in [0.1, 0.15) is 5.75 Å². The zero-order valence-electron chi connectivity index (χ0n) is 13.8. The van der Waals surface area contributed by atoms with Crippen LogP contribution in [0, 0.1) is 5.92 Å². The van der Waals surface area contributed by atoms with Crippen molar-refractivity contribution in [2.45, 2.75) is 33.2 Å². The van der Waals surface area contributed by atoms with Crippen LogP contribution < -0.4 is 21.1 Å². The summed E-state index contributed by atoms with van der Waals surface area (Å²) >= 11 is 0. The molecule has 6 nitrogen and oxygen atoms in total. The largest absolute Gasteiger partial charge is 0.491 e. The van der Waals surface area contributed by atoms with E-state index >= 15 is 0 Å². The molecule has 7 heteroatoms. The van der Waals surface area contributed by atoms with Crippen LogP contribution in [0.3, 0.4) is 0 Å². The number of rotatable bonds is 8. The third-order valence-electron chi connectivity index (χ3n) is 3.07. The summed E-state index contributed by atoms with van der Waals surface area (Å²) < 4.78 is 5.56. The van der Waals surface area contributed by atoms with Gasteiger partial charge in [0.15, 0.2) is 0 Å². The Hall–Kier alpha value is -1.79. The van der Waals surface area contributed by atoms with Crippen LogP contribution in [0.1, 0.15) is 27.2 Å². The van der Waals surface area contributed by atoms with Crippen molar-refractivity contribution in [2.75, 3.05) is 18.5 Å². The quantitative estimate of drug-likeness (QED) is 0.672. The molecule has 1 aromatic carbocycles. The van der Waals surface area contributed by atoms with E-state index in [9.17, 15) is 9.59 Å². The van der Waals surface area contributed by atoms with Gasteiger partial charge in [-0.2, -0.15) is 0 Å². The second-order valence-corrected chi connectivity index (χ2v) is 5.38. The molecule has 0 spiro atoms. The molecule has 0 fully saturated rings. The van der Waals surface area contributed by atoms with Crippen molar-refractivity contribution >= 4 is 29.9 Å². The third-order valence-corrected chi connectivity index (χ3v) is 3.07. The topological polar surface area (TPSA) is 93.5 Å². The lowest BCUT2D eigenvalue weighted by molar-refractivity contribution is -0.125. The van der Waals surface area contributed by atoms with E-state index in [0.29, 0.717) is 18.0 Å². The van der Waals surface area contributed by atoms with Crippen molar-refractivity contribution in [3.05, 3.63) is 24.3 Å². The molecular weight excluding hydrogens is 318 g/mol. The minimum absolute atomic E-state index is 0. The number of hydrogen-bond acceptors (Lipinski definition) is 4. The Bertz CT molecular complexity index is 509. The first-order valence-electron chi connectivity index (χ1n) is 7.50. The molecular formula is C16H26ClN3O3. The number of carbonyl (C=O) groups excluding carboxylic acids is 2. The van der Waals surface area contributed by atoms with E-state index in [2.05, 4.69) is 10.6 Å². The van der Waals surface area contributed by atoms with Crippen LogP contribution in [0.25, 0.3) is 0 Å². The van der Waals surface area contributed by atoms with Gasteiger partial charge in [-0.3, -0.25) is 9.59 Å². The molecule has 0 aromatic heterocycles. The van der Waals surface area contributed by atoms with E-state index in [1.54, 1.807) is 12.1 Å². The van der Waals surface area contributed by atoms with Gasteiger partial charge in [0.05, 0.1) is 24.9 Å². The molecule has 0 radical (unpaired) electrons. The molecule has 0 aliphatic heterocycles. The molecule has 2 amide bonds. The Kier molecular flexibility index (Phi) is 10.0. The molecule has 1 atom stereocenters. The van der Waals surface area contributed by atoms with Gasteiger partial charge >= 0.3 is 0 Å². The zero-order chi connectivity index (χ0) is 16.5. The molecule has 0 aliphatic rings. The van der Waals surface area contributed by atoms with Gasteiger partial charge in [0.25, 0.3) is 0 Å². The van der Waals surface area contributed by atoms with Crippen LogP contribution in [0.4, 0.5) is 5.69 Å². The highest BCUT2D eigenvalue weighted by molar-refractivity contribution is 5.96. The summed E-state index contributed by atoms with van der Waals surface area (Å²) in [7, 11) is 0.